The van der Waals surface area contributed by atoms with Gasteiger partial charge in [-0.05, 0) is 35.7 Å². The topological polar surface area (TPSA) is 124 Å². The summed E-state index contributed by atoms with van der Waals surface area (Å²) in [6.07, 6.45) is 0.406. The number of carboxylic acid groups (broad SMARTS) is 1. The Kier molecular flexibility index (Phi) is 4.86. The van der Waals surface area contributed by atoms with E-state index >= 15 is 0 Å². The number of carbonyl (C=O) groups is 2. The van der Waals surface area contributed by atoms with Crippen LogP contribution in [0.3, 0.4) is 0 Å². The van der Waals surface area contributed by atoms with E-state index in [-0.39, 0.29) is 41.4 Å². The molecule has 7 nitrogen and oxygen atoms in total. The molecule has 1 aliphatic rings. The molecule has 8 heteroatoms. The monoisotopic (exact) mass is 356 g/mol. The van der Waals surface area contributed by atoms with E-state index in [0.717, 1.165) is 0 Å². The average Bonchev–Trinajstić information content (AvgIpc) is 2.58. The molecule has 2 aromatic carbocycles. The predicted octanol–water partition coefficient (Wildman–Crippen LogP) is 1.78. The lowest BCUT2D eigenvalue weighted by Crippen LogP contribution is -2.36. The first-order chi connectivity index (χ1) is 12.3. The van der Waals surface area contributed by atoms with Crippen LogP contribution in [0.5, 0.6) is 17.2 Å². The number of aromatic hydroxyl groups is 2. The average molecular weight is 356 g/mol. The molecule has 0 saturated carbocycles. The Morgan fingerprint density at radius 2 is 1.92 bits per heavy atom. The summed E-state index contributed by atoms with van der Waals surface area (Å²) in [6, 6.07) is 8.87. The van der Waals surface area contributed by atoms with Crippen molar-refractivity contribution in [2.24, 2.45) is 0 Å². The second kappa shape index (κ2) is 7.09. The van der Waals surface area contributed by atoms with Crippen molar-refractivity contribution in [3.8, 4) is 17.2 Å². The lowest BCUT2D eigenvalue weighted by molar-refractivity contribution is -0.118. The minimum absolute atomic E-state index is 0.0223. The van der Waals surface area contributed by atoms with Gasteiger partial charge in [0.25, 0.3) is 0 Å². The van der Waals surface area contributed by atoms with Crippen molar-refractivity contribution in [2.45, 2.75) is 25.1 Å². The van der Waals surface area contributed by atoms with E-state index in [1.165, 1.54) is 24.3 Å². The summed E-state index contributed by atoms with van der Waals surface area (Å²) in [4.78, 5) is 23.5. The van der Waals surface area contributed by atoms with Gasteiger partial charge in [0.05, 0.1) is 5.56 Å². The van der Waals surface area contributed by atoms with Crippen molar-refractivity contribution in [3.63, 3.8) is 0 Å². The van der Waals surface area contributed by atoms with Crippen molar-refractivity contribution < 1.29 is 34.6 Å². The number of phenols is 2. The van der Waals surface area contributed by atoms with Crippen LogP contribution in [0.15, 0.2) is 36.4 Å². The fourth-order valence-corrected chi connectivity index (χ4v) is 3.10. The minimum atomic E-state index is -1.28. The first-order valence-corrected chi connectivity index (χ1v) is 8.07. The van der Waals surface area contributed by atoms with Gasteiger partial charge in [0, 0.05) is 18.7 Å². The van der Waals surface area contributed by atoms with Gasteiger partial charge in [-0.15, -0.1) is 0 Å². The molecule has 0 aliphatic carbocycles. The molecule has 1 aliphatic heterocycles. The van der Waals surface area contributed by atoms with E-state index in [1.807, 2.05) is 0 Å². The molecule has 0 saturated heterocycles. The molecule has 0 aromatic heterocycles. The Balaban J connectivity index is 1.70. The first-order valence-electron chi connectivity index (χ1n) is 8.07. The molecule has 0 radical (unpaired) electrons. The predicted molar refractivity (Wildman–Crippen MR) is 92.6 cm³/mol. The molecule has 0 fully saturated rings. The highest BCUT2D eigenvalue weighted by Gasteiger charge is 2.37. The molecule has 1 heterocycles. The Hall–Kier alpha value is -3.00. The molecule has 1 atom stereocenters. The summed E-state index contributed by atoms with van der Waals surface area (Å²) in [5.41, 5.74) is 1.16. The molecule has 0 unspecified atom stereocenters. The number of benzene rings is 2. The molecule has 3 rings (SSSR count). The second-order valence-corrected chi connectivity index (χ2v) is 6.31. The third kappa shape index (κ3) is 3.65. The Bertz CT molecular complexity index is 865. The van der Waals surface area contributed by atoms with Crippen LogP contribution in [0.4, 0.5) is 0 Å². The lowest BCUT2D eigenvalue weighted by atomic mass is 9.64. The van der Waals surface area contributed by atoms with Gasteiger partial charge in [0.15, 0.2) is 11.5 Å². The minimum Gasteiger partial charge on any atom is -0.535 e. The van der Waals surface area contributed by atoms with Crippen LogP contribution in [-0.4, -0.2) is 39.2 Å². The number of ketones is 1. The van der Waals surface area contributed by atoms with E-state index < -0.39 is 18.9 Å². The Labute approximate surface area is 149 Å². The molecular weight excluding hydrogens is 339 g/mol. The highest BCUT2D eigenvalue weighted by molar-refractivity contribution is 6.47. The van der Waals surface area contributed by atoms with Crippen LogP contribution in [0.25, 0.3) is 0 Å². The number of para-hydroxylation sites is 1. The highest BCUT2D eigenvalue weighted by Crippen LogP contribution is 2.36. The zero-order valence-corrected chi connectivity index (χ0v) is 13.8. The fourth-order valence-electron chi connectivity index (χ4n) is 3.10. The Morgan fingerprint density at radius 3 is 2.62 bits per heavy atom. The number of rotatable bonds is 5. The molecule has 2 aromatic rings. The van der Waals surface area contributed by atoms with Gasteiger partial charge in [-0.3, -0.25) is 4.79 Å². The third-order valence-electron chi connectivity index (χ3n) is 4.38. The fraction of sp³-hybridized carbons (Fsp3) is 0.222. The maximum absolute atomic E-state index is 12.3. The number of carboxylic acids is 1. The summed E-state index contributed by atoms with van der Waals surface area (Å²) in [5.74, 6) is -2.23. The molecule has 134 valence electrons. The standard InChI is InChI=1S/C18H17BO7/c20-13(6-10-4-5-15(21)16(22)7-10)9-12-8-11-2-1-3-14(18(23)24)17(11)26-19(12)25/h1-5,7,12,21-22,25H,6,8-9H2,(H,23,24)/t12-/m1/s1. The zero-order chi connectivity index (χ0) is 18.8. The van der Waals surface area contributed by atoms with E-state index in [2.05, 4.69) is 0 Å². The van der Waals surface area contributed by atoms with E-state index in [9.17, 15) is 29.9 Å². The molecule has 0 amide bonds. The van der Waals surface area contributed by atoms with Gasteiger partial charge in [-0.2, -0.15) is 0 Å². The van der Waals surface area contributed by atoms with Crippen LogP contribution in [0, 0.1) is 0 Å². The molecule has 0 spiro atoms. The quantitative estimate of drug-likeness (QED) is 0.475. The summed E-state index contributed by atoms with van der Waals surface area (Å²) >= 11 is 0. The Morgan fingerprint density at radius 1 is 1.15 bits per heavy atom. The lowest BCUT2D eigenvalue weighted by Gasteiger charge is -2.28. The van der Waals surface area contributed by atoms with Crippen LogP contribution in [-0.2, 0) is 17.6 Å². The van der Waals surface area contributed by atoms with Crippen LogP contribution < -0.4 is 4.65 Å². The van der Waals surface area contributed by atoms with Crippen LogP contribution in [0.2, 0.25) is 5.82 Å². The van der Waals surface area contributed by atoms with Gasteiger partial charge in [0.2, 0.25) is 0 Å². The molecule has 26 heavy (non-hydrogen) atoms. The number of hydrogen-bond acceptors (Lipinski definition) is 6. The second-order valence-electron chi connectivity index (χ2n) is 6.31. The van der Waals surface area contributed by atoms with Crippen molar-refractivity contribution >= 4 is 18.9 Å². The van der Waals surface area contributed by atoms with Gasteiger partial charge >= 0.3 is 13.1 Å². The van der Waals surface area contributed by atoms with Crippen molar-refractivity contribution in [1.29, 1.82) is 0 Å². The van der Waals surface area contributed by atoms with E-state index in [1.54, 1.807) is 12.1 Å². The normalized spacial score (nSPS) is 15.9. The van der Waals surface area contributed by atoms with Crippen LogP contribution in [0.1, 0.15) is 27.9 Å². The van der Waals surface area contributed by atoms with E-state index in [0.29, 0.717) is 17.5 Å². The maximum atomic E-state index is 12.3. The number of Topliss-reactive ketones (excluding diaryl/α,β-unsaturated/α-hetero) is 1. The summed E-state index contributed by atoms with van der Waals surface area (Å²) in [6.45, 7) is 0. The number of aromatic carboxylic acids is 1. The maximum Gasteiger partial charge on any atom is 0.526 e. The number of fused-ring (bicyclic) bond motifs is 1. The summed E-state index contributed by atoms with van der Waals surface area (Å²) in [5, 5.41) is 38.2. The summed E-state index contributed by atoms with van der Waals surface area (Å²) < 4.78 is 5.37. The third-order valence-corrected chi connectivity index (χ3v) is 4.38. The molecule has 0 bridgehead atoms. The van der Waals surface area contributed by atoms with Crippen molar-refractivity contribution in [1.82, 2.24) is 0 Å². The summed E-state index contributed by atoms with van der Waals surface area (Å²) in [7, 11) is -1.28. The molecule has 4 N–H and O–H groups in total. The largest absolute Gasteiger partial charge is 0.535 e. The number of phenolic OH excluding ortho intramolecular Hbond substituents is 2. The number of carbonyl (C=O) groups excluding carboxylic acids is 1. The van der Waals surface area contributed by atoms with Gasteiger partial charge < -0.3 is 25.0 Å². The first kappa shape index (κ1) is 17.8. The van der Waals surface area contributed by atoms with Gasteiger partial charge in [-0.1, -0.05) is 18.2 Å². The van der Waals surface area contributed by atoms with Gasteiger partial charge in [-0.25, -0.2) is 4.79 Å². The van der Waals surface area contributed by atoms with Crippen LogP contribution >= 0.6 is 0 Å². The van der Waals surface area contributed by atoms with Crippen molar-refractivity contribution in [3.05, 3.63) is 53.1 Å². The zero-order valence-electron chi connectivity index (χ0n) is 13.8. The number of hydrogen-bond donors (Lipinski definition) is 4. The highest BCUT2D eigenvalue weighted by atomic mass is 16.5. The SMILES string of the molecule is O=C(Cc1ccc(O)c(O)c1)C[C@H]1Cc2cccc(C(=O)O)c2OB1O. The van der Waals surface area contributed by atoms with Gasteiger partial charge in [0.1, 0.15) is 11.5 Å². The smallest absolute Gasteiger partial charge is 0.526 e. The molecular formula is C18H17BO7. The van der Waals surface area contributed by atoms with Crippen molar-refractivity contribution in [2.75, 3.05) is 0 Å². The van der Waals surface area contributed by atoms with E-state index in [4.69, 9.17) is 4.65 Å².